The van der Waals surface area contributed by atoms with E-state index in [0.717, 1.165) is 10.2 Å². The first-order valence-corrected chi connectivity index (χ1v) is 10.5. The largest absolute Gasteiger partial charge is 0.471 e. The van der Waals surface area contributed by atoms with Crippen LogP contribution < -0.4 is 0 Å². The molecule has 30 heavy (non-hydrogen) atoms. The maximum Gasteiger partial charge on any atom is 0.410 e. The molecule has 0 aliphatic rings. The van der Waals surface area contributed by atoms with Gasteiger partial charge in [0.05, 0.1) is 24.1 Å². The third-order valence-electron chi connectivity index (χ3n) is 4.05. The Kier molecular flexibility index (Phi) is 5.71. The van der Waals surface area contributed by atoms with Crippen molar-refractivity contribution < 1.29 is 26.8 Å². The highest BCUT2D eigenvalue weighted by Gasteiger charge is 2.26. The van der Waals surface area contributed by atoms with E-state index < -0.39 is 27.7 Å². The number of carbonyl (C=O) groups is 1. The van der Waals surface area contributed by atoms with E-state index in [-0.39, 0.29) is 22.7 Å². The van der Waals surface area contributed by atoms with Crippen LogP contribution in [0, 0.1) is 5.95 Å². The van der Waals surface area contributed by atoms with Gasteiger partial charge in [0.2, 0.25) is 5.95 Å². The molecule has 10 heteroatoms. The minimum Gasteiger partial charge on any atom is -0.471 e. The highest BCUT2D eigenvalue weighted by Crippen LogP contribution is 2.29. The van der Waals surface area contributed by atoms with Crippen LogP contribution in [-0.2, 0) is 21.3 Å². The van der Waals surface area contributed by atoms with Gasteiger partial charge in [-0.05, 0) is 50.6 Å². The number of hydrogen-bond donors (Lipinski definition) is 0. The average Bonchev–Trinajstić information content (AvgIpc) is 3.31. The number of rotatable bonds is 5. The fraction of sp³-hybridized carbons (Fsp3) is 0.300. The smallest absolute Gasteiger partial charge is 0.410 e. The Morgan fingerprint density at radius 3 is 2.67 bits per heavy atom. The first kappa shape index (κ1) is 21.6. The summed E-state index contributed by atoms with van der Waals surface area (Å²) in [6, 6.07) is 5.73. The molecule has 0 fully saturated rings. The van der Waals surface area contributed by atoms with E-state index in [9.17, 15) is 17.6 Å². The molecule has 0 radical (unpaired) electrons. The minimum atomic E-state index is -4.06. The molecule has 3 heterocycles. The number of hydrogen-bond acceptors (Lipinski definition) is 6. The Morgan fingerprint density at radius 1 is 1.33 bits per heavy atom. The average molecular weight is 435 g/mol. The number of pyridine rings is 1. The summed E-state index contributed by atoms with van der Waals surface area (Å²) in [5.41, 5.74) is -0.120. The number of carbonyl (C=O) groups excluding carboxylic acids is 1. The molecule has 3 aromatic rings. The van der Waals surface area contributed by atoms with Gasteiger partial charge in [0.15, 0.2) is 0 Å². The molecule has 0 N–H and O–H groups in total. The molecular weight excluding hydrogens is 413 g/mol. The summed E-state index contributed by atoms with van der Waals surface area (Å²) in [4.78, 5) is 17.1. The van der Waals surface area contributed by atoms with Gasteiger partial charge in [0.1, 0.15) is 16.8 Å². The van der Waals surface area contributed by atoms with Crippen LogP contribution in [0.15, 0.2) is 58.5 Å². The van der Waals surface area contributed by atoms with Crippen molar-refractivity contribution in [1.29, 1.82) is 0 Å². The van der Waals surface area contributed by atoms with Gasteiger partial charge in [-0.25, -0.2) is 22.2 Å². The molecule has 8 nitrogen and oxygen atoms in total. The van der Waals surface area contributed by atoms with Gasteiger partial charge in [-0.1, -0.05) is 0 Å². The second-order valence-electron chi connectivity index (χ2n) is 7.67. The number of halogens is 1. The second-order valence-corrected chi connectivity index (χ2v) is 9.49. The quantitative estimate of drug-likeness (QED) is 0.565. The van der Waals surface area contributed by atoms with Crippen LogP contribution in [-0.4, -0.2) is 41.0 Å². The summed E-state index contributed by atoms with van der Waals surface area (Å²) < 4.78 is 51.7. The molecule has 0 saturated carbocycles. The number of nitrogens with zero attached hydrogens (tertiary/aromatic N) is 3. The highest BCUT2D eigenvalue weighted by molar-refractivity contribution is 7.90. The lowest BCUT2D eigenvalue weighted by molar-refractivity contribution is 0.0285. The Balaban J connectivity index is 2.03. The van der Waals surface area contributed by atoms with Crippen molar-refractivity contribution in [1.82, 2.24) is 13.9 Å². The summed E-state index contributed by atoms with van der Waals surface area (Å²) in [6.07, 6.45) is 4.36. The Bertz CT molecular complexity index is 1150. The summed E-state index contributed by atoms with van der Waals surface area (Å²) in [6.45, 7) is 5.29. The van der Waals surface area contributed by atoms with Gasteiger partial charge < -0.3 is 14.1 Å². The standard InChI is InChI=1S/C20H22FN3O5S/c1-20(2,3)29-19(25)23(4)11-14-10-17(16-6-5-8-22-18(16)21)24(12-14)30(26,27)15-7-9-28-13-15/h5-10,12-13H,11H2,1-4H3. The van der Waals surface area contributed by atoms with E-state index in [1.165, 1.54) is 54.9 Å². The summed E-state index contributed by atoms with van der Waals surface area (Å²) in [7, 11) is -2.53. The SMILES string of the molecule is CN(Cc1cc(-c2cccnc2F)n(S(=O)(=O)c2ccoc2)c1)C(=O)OC(C)(C)C. The van der Waals surface area contributed by atoms with Crippen LogP contribution in [0.1, 0.15) is 26.3 Å². The molecular formula is C20H22FN3O5S. The monoisotopic (exact) mass is 435 g/mol. The zero-order valence-electron chi connectivity index (χ0n) is 17.0. The first-order chi connectivity index (χ1) is 14.0. The molecule has 0 aromatic carbocycles. The van der Waals surface area contributed by atoms with Gasteiger partial charge in [-0.2, -0.15) is 4.39 Å². The topological polar surface area (TPSA) is 94.6 Å². The summed E-state index contributed by atoms with van der Waals surface area (Å²) >= 11 is 0. The number of furan rings is 1. The Morgan fingerprint density at radius 2 is 2.07 bits per heavy atom. The fourth-order valence-electron chi connectivity index (χ4n) is 2.75. The van der Waals surface area contributed by atoms with Crippen molar-refractivity contribution in [3.8, 4) is 11.3 Å². The number of aromatic nitrogens is 2. The minimum absolute atomic E-state index is 0.00995. The molecule has 0 saturated heterocycles. The lowest BCUT2D eigenvalue weighted by Gasteiger charge is -2.24. The maximum atomic E-state index is 14.3. The van der Waals surface area contributed by atoms with Gasteiger partial charge in [-0.3, -0.25) is 0 Å². The fourth-order valence-corrected chi connectivity index (χ4v) is 4.06. The van der Waals surface area contributed by atoms with Crippen molar-refractivity contribution >= 4 is 16.1 Å². The van der Waals surface area contributed by atoms with Gasteiger partial charge >= 0.3 is 6.09 Å². The van der Waals surface area contributed by atoms with Crippen LogP contribution in [0.4, 0.5) is 9.18 Å². The number of amides is 1. The zero-order valence-corrected chi connectivity index (χ0v) is 17.8. The Labute approximate surface area is 173 Å². The molecule has 0 atom stereocenters. The van der Waals surface area contributed by atoms with Gasteiger partial charge in [-0.15, -0.1) is 0 Å². The van der Waals surface area contributed by atoms with Crippen LogP contribution in [0.2, 0.25) is 0 Å². The molecule has 3 rings (SSSR count). The van der Waals surface area contributed by atoms with E-state index in [1.54, 1.807) is 20.8 Å². The van der Waals surface area contributed by atoms with E-state index in [2.05, 4.69) is 4.98 Å². The molecule has 160 valence electrons. The van der Waals surface area contributed by atoms with Crippen molar-refractivity contribution in [3.63, 3.8) is 0 Å². The molecule has 1 amide bonds. The third-order valence-corrected chi connectivity index (χ3v) is 5.70. The maximum absolute atomic E-state index is 14.3. The second kappa shape index (κ2) is 7.94. The van der Waals surface area contributed by atoms with E-state index >= 15 is 0 Å². The first-order valence-electron chi connectivity index (χ1n) is 9.03. The van der Waals surface area contributed by atoms with Crippen molar-refractivity contribution in [2.24, 2.45) is 0 Å². The summed E-state index contributed by atoms with van der Waals surface area (Å²) in [5.74, 6) is -0.814. The Hall–Kier alpha value is -3.14. The van der Waals surface area contributed by atoms with Crippen LogP contribution >= 0.6 is 0 Å². The zero-order chi connectivity index (χ0) is 22.1. The van der Waals surface area contributed by atoms with Crippen LogP contribution in [0.25, 0.3) is 11.3 Å². The van der Waals surface area contributed by atoms with Crippen molar-refractivity contribution in [2.45, 2.75) is 37.8 Å². The molecule has 3 aromatic heterocycles. The lowest BCUT2D eigenvalue weighted by Crippen LogP contribution is -2.33. The van der Waals surface area contributed by atoms with Gasteiger partial charge in [0.25, 0.3) is 10.0 Å². The van der Waals surface area contributed by atoms with E-state index in [1.807, 2.05) is 0 Å². The van der Waals surface area contributed by atoms with Crippen LogP contribution in [0.5, 0.6) is 0 Å². The van der Waals surface area contributed by atoms with Crippen molar-refractivity contribution in [2.75, 3.05) is 7.05 Å². The van der Waals surface area contributed by atoms with Crippen LogP contribution in [0.3, 0.4) is 0 Å². The van der Waals surface area contributed by atoms with E-state index in [0.29, 0.717) is 5.56 Å². The molecule has 0 spiro atoms. The lowest BCUT2D eigenvalue weighted by atomic mass is 10.2. The molecule has 0 unspecified atom stereocenters. The molecule has 0 bridgehead atoms. The van der Waals surface area contributed by atoms with Crippen molar-refractivity contribution in [3.05, 3.63) is 60.7 Å². The van der Waals surface area contributed by atoms with E-state index in [4.69, 9.17) is 9.15 Å². The predicted octanol–water partition coefficient (Wildman–Crippen LogP) is 3.89. The van der Waals surface area contributed by atoms with Gasteiger partial charge in [0, 0.05) is 19.4 Å². The molecule has 0 aliphatic heterocycles. The number of ether oxygens (including phenoxy) is 1. The predicted molar refractivity (Wildman–Crippen MR) is 107 cm³/mol. The third kappa shape index (κ3) is 4.54. The normalized spacial score (nSPS) is 12.0. The molecule has 0 aliphatic carbocycles. The summed E-state index contributed by atoms with van der Waals surface area (Å²) in [5, 5.41) is 0. The highest BCUT2D eigenvalue weighted by atomic mass is 32.2.